The number of carboxylic acids is 1. The van der Waals surface area contributed by atoms with Crippen LogP contribution in [0.25, 0.3) is 0 Å². The molecule has 0 saturated heterocycles. The van der Waals surface area contributed by atoms with Gasteiger partial charge in [-0.2, -0.15) is 0 Å². The maximum Gasteiger partial charge on any atom is 0.340 e. The molecule has 0 spiro atoms. The van der Waals surface area contributed by atoms with E-state index in [1.807, 2.05) is 0 Å². The first-order chi connectivity index (χ1) is 10.5. The highest BCUT2D eigenvalue weighted by Crippen LogP contribution is 2.30. The van der Waals surface area contributed by atoms with Crippen LogP contribution >= 0.6 is 0 Å². The summed E-state index contributed by atoms with van der Waals surface area (Å²) in [5.74, 6) is -0.955. The number of phenolic OH excluding ortho intramolecular Hbond substituents is 1. The number of rotatable bonds is 6. The van der Waals surface area contributed by atoms with Crippen LogP contribution in [0.2, 0.25) is 0 Å². The number of carbonyl (C=O) groups is 1. The third kappa shape index (κ3) is 3.20. The van der Waals surface area contributed by atoms with Crippen molar-refractivity contribution in [3.05, 3.63) is 59.7 Å². The number of aryl methyl sites for hydroxylation is 1. The molecule has 1 unspecified atom stereocenters. The first-order valence-electron chi connectivity index (χ1n) is 6.84. The van der Waals surface area contributed by atoms with Gasteiger partial charge in [0.15, 0.2) is 17.1 Å². The Kier molecular flexibility index (Phi) is 4.68. The van der Waals surface area contributed by atoms with Gasteiger partial charge in [0.05, 0.1) is 7.11 Å². The van der Waals surface area contributed by atoms with Crippen molar-refractivity contribution in [2.45, 2.75) is 18.4 Å². The molecule has 0 radical (unpaired) electrons. The zero-order valence-corrected chi connectivity index (χ0v) is 12.2. The first kappa shape index (κ1) is 15.9. The van der Waals surface area contributed by atoms with E-state index in [0.717, 1.165) is 5.56 Å². The van der Waals surface area contributed by atoms with E-state index in [4.69, 9.17) is 4.74 Å². The minimum Gasteiger partial charge on any atom is -0.504 e. The Morgan fingerprint density at radius 2 is 1.86 bits per heavy atom. The van der Waals surface area contributed by atoms with Gasteiger partial charge in [-0.25, -0.2) is 4.79 Å². The first-order valence-corrected chi connectivity index (χ1v) is 6.84. The summed E-state index contributed by atoms with van der Waals surface area (Å²) in [7, 11) is 1.44. The van der Waals surface area contributed by atoms with Crippen LogP contribution in [-0.2, 0) is 16.8 Å². The SMILES string of the molecule is COc1cc(CCC(O)(C(=O)O)c2ccccc2)ccc1O. The normalized spacial score (nSPS) is 13.4. The minimum absolute atomic E-state index is 0.0142. The molecule has 0 heterocycles. The summed E-state index contributed by atoms with van der Waals surface area (Å²) < 4.78 is 5.02. The fourth-order valence-electron chi connectivity index (χ4n) is 2.29. The summed E-state index contributed by atoms with van der Waals surface area (Å²) in [6, 6.07) is 13.1. The summed E-state index contributed by atoms with van der Waals surface area (Å²) in [5, 5.41) is 29.5. The van der Waals surface area contributed by atoms with Crippen molar-refractivity contribution in [2.75, 3.05) is 7.11 Å². The number of benzene rings is 2. The minimum atomic E-state index is -1.95. The average molecular weight is 302 g/mol. The van der Waals surface area contributed by atoms with E-state index in [-0.39, 0.29) is 12.2 Å². The van der Waals surface area contributed by atoms with Crippen LogP contribution in [-0.4, -0.2) is 28.4 Å². The molecule has 0 aliphatic rings. The van der Waals surface area contributed by atoms with Crippen LogP contribution in [0.3, 0.4) is 0 Å². The quantitative estimate of drug-likeness (QED) is 0.762. The van der Waals surface area contributed by atoms with Crippen molar-refractivity contribution in [1.82, 2.24) is 0 Å². The molecule has 2 aromatic rings. The van der Waals surface area contributed by atoms with Gasteiger partial charge in [0, 0.05) is 0 Å². The smallest absolute Gasteiger partial charge is 0.340 e. The van der Waals surface area contributed by atoms with E-state index in [1.165, 1.54) is 13.2 Å². The van der Waals surface area contributed by atoms with Gasteiger partial charge >= 0.3 is 5.97 Å². The van der Waals surface area contributed by atoms with E-state index < -0.39 is 11.6 Å². The van der Waals surface area contributed by atoms with Gasteiger partial charge < -0.3 is 20.1 Å². The van der Waals surface area contributed by atoms with Crippen LogP contribution < -0.4 is 4.74 Å². The second-order valence-electron chi connectivity index (χ2n) is 5.04. The summed E-state index contributed by atoms with van der Waals surface area (Å²) in [6.45, 7) is 0. The summed E-state index contributed by atoms with van der Waals surface area (Å²) in [4.78, 5) is 11.5. The highest BCUT2D eigenvalue weighted by molar-refractivity contribution is 5.79. The number of aliphatic carboxylic acids is 1. The van der Waals surface area contributed by atoms with Crippen LogP contribution in [0.5, 0.6) is 11.5 Å². The van der Waals surface area contributed by atoms with Crippen molar-refractivity contribution in [3.8, 4) is 11.5 Å². The number of phenols is 1. The molecule has 0 fully saturated rings. The summed E-state index contributed by atoms with van der Waals surface area (Å²) in [5.41, 5.74) is -0.842. The number of ether oxygens (including phenoxy) is 1. The van der Waals surface area contributed by atoms with Gasteiger partial charge in [-0.15, -0.1) is 0 Å². The van der Waals surface area contributed by atoms with Crippen molar-refractivity contribution < 1.29 is 24.9 Å². The number of carboxylic acid groups (broad SMARTS) is 1. The van der Waals surface area contributed by atoms with Gasteiger partial charge in [0.1, 0.15) is 0 Å². The van der Waals surface area contributed by atoms with Gasteiger partial charge in [-0.3, -0.25) is 0 Å². The highest BCUT2D eigenvalue weighted by atomic mass is 16.5. The Morgan fingerprint density at radius 3 is 2.45 bits per heavy atom. The Balaban J connectivity index is 2.21. The molecule has 22 heavy (non-hydrogen) atoms. The van der Waals surface area contributed by atoms with Crippen molar-refractivity contribution in [1.29, 1.82) is 0 Å². The van der Waals surface area contributed by atoms with Gasteiger partial charge in [-0.1, -0.05) is 36.4 Å². The van der Waals surface area contributed by atoms with Gasteiger partial charge in [0.2, 0.25) is 0 Å². The number of hydrogen-bond acceptors (Lipinski definition) is 4. The Hall–Kier alpha value is -2.53. The monoisotopic (exact) mass is 302 g/mol. The van der Waals surface area contributed by atoms with E-state index in [9.17, 15) is 20.1 Å². The molecule has 0 saturated carbocycles. The van der Waals surface area contributed by atoms with Crippen molar-refractivity contribution >= 4 is 5.97 Å². The molecule has 0 aliphatic heterocycles. The molecule has 2 aromatic carbocycles. The number of hydrogen-bond donors (Lipinski definition) is 3. The molecule has 0 aliphatic carbocycles. The maximum atomic E-state index is 11.5. The van der Waals surface area contributed by atoms with Gasteiger partial charge in [-0.05, 0) is 36.1 Å². The van der Waals surface area contributed by atoms with Crippen LogP contribution in [0, 0.1) is 0 Å². The van der Waals surface area contributed by atoms with E-state index in [1.54, 1.807) is 42.5 Å². The van der Waals surface area contributed by atoms with Crippen molar-refractivity contribution in [3.63, 3.8) is 0 Å². The Labute approximate surface area is 128 Å². The molecule has 0 bridgehead atoms. The average Bonchev–Trinajstić information content (AvgIpc) is 2.54. The molecule has 0 aromatic heterocycles. The van der Waals surface area contributed by atoms with E-state index in [0.29, 0.717) is 17.7 Å². The third-order valence-corrected chi connectivity index (χ3v) is 3.62. The predicted octanol–water partition coefficient (Wildman–Crippen LogP) is 2.31. The highest BCUT2D eigenvalue weighted by Gasteiger charge is 2.37. The lowest BCUT2D eigenvalue weighted by molar-refractivity contribution is -0.160. The van der Waals surface area contributed by atoms with E-state index in [2.05, 4.69) is 0 Å². The molecular weight excluding hydrogens is 284 g/mol. The maximum absolute atomic E-state index is 11.5. The topological polar surface area (TPSA) is 87.0 Å². The lowest BCUT2D eigenvalue weighted by Crippen LogP contribution is -2.36. The molecule has 0 amide bonds. The van der Waals surface area contributed by atoms with Crippen LogP contribution in [0.4, 0.5) is 0 Å². The Bertz CT molecular complexity index is 653. The second kappa shape index (κ2) is 6.49. The van der Waals surface area contributed by atoms with Crippen molar-refractivity contribution in [2.24, 2.45) is 0 Å². The van der Waals surface area contributed by atoms with E-state index >= 15 is 0 Å². The predicted molar refractivity (Wildman–Crippen MR) is 81.0 cm³/mol. The molecule has 1 atom stereocenters. The standard InChI is InChI=1S/C17H18O5/c1-22-15-11-12(7-8-14(15)18)9-10-17(21,16(19)20)13-5-3-2-4-6-13/h2-8,11,18,21H,9-10H2,1H3,(H,19,20). The lowest BCUT2D eigenvalue weighted by atomic mass is 9.87. The molecular formula is C17H18O5. The molecule has 2 rings (SSSR count). The van der Waals surface area contributed by atoms with Crippen LogP contribution in [0.15, 0.2) is 48.5 Å². The fraction of sp³-hybridized carbons (Fsp3) is 0.235. The Morgan fingerprint density at radius 1 is 1.18 bits per heavy atom. The molecule has 116 valence electrons. The number of aliphatic hydroxyl groups is 1. The molecule has 3 N–H and O–H groups in total. The summed E-state index contributed by atoms with van der Waals surface area (Å²) >= 11 is 0. The zero-order valence-electron chi connectivity index (χ0n) is 12.2. The lowest BCUT2D eigenvalue weighted by Gasteiger charge is -2.24. The summed E-state index contributed by atoms with van der Waals surface area (Å²) in [6.07, 6.45) is 0.342. The molecule has 5 heteroatoms. The third-order valence-electron chi connectivity index (χ3n) is 3.62. The van der Waals surface area contributed by atoms with Gasteiger partial charge in [0.25, 0.3) is 0 Å². The molecule has 5 nitrogen and oxygen atoms in total. The zero-order chi connectivity index (χ0) is 16.2. The number of aromatic hydroxyl groups is 1. The second-order valence-corrected chi connectivity index (χ2v) is 5.04. The largest absolute Gasteiger partial charge is 0.504 e. The fourth-order valence-corrected chi connectivity index (χ4v) is 2.29. The number of methoxy groups -OCH3 is 1. The van der Waals surface area contributed by atoms with Crippen LogP contribution in [0.1, 0.15) is 17.5 Å².